The molecule has 2 rings (SSSR count). The lowest BCUT2D eigenvalue weighted by atomic mass is 9.96. The summed E-state index contributed by atoms with van der Waals surface area (Å²) in [5.74, 6) is 0.191. The molecule has 0 unspecified atom stereocenters. The van der Waals surface area contributed by atoms with Crippen LogP contribution in [0.2, 0.25) is 0 Å². The monoisotopic (exact) mass is 282 g/mol. The van der Waals surface area contributed by atoms with Crippen molar-refractivity contribution in [2.75, 3.05) is 11.1 Å². The minimum absolute atomic E-state index is 0.157. The van der Waals surface area contributed by atoms with Crippen molar-refractivity contribution in [3.05, 3.63) is 59.2 Å². The van der Waals surface area contributed by atoms with Gasteiger partial charge in [-0.2, -0.15) is 0 Å². The van der Waals surface area contributed by atoms with Crippen LogP contribution in [-0.2, 0) is 6.42 Å². The number of nitrogens with one attached hydrogen (secondary N) is 1. The van der Waals surface area contributed by atoms with E-state index in [-0.39, 0.29) is 5.91 Å². The summed E-state index contributed by atoms with van der Waals surface area (Å²) in [6.45, 7) is 6.34. The van der Waals surface area contributed by atoms with Crippen LogP contribution in [0.15, 0.2) is 42.5 Å². The molecular weight excluding hydrogens is 260 g/mol. The Morgan fingerprint density at radius 2 is 1.86 bits per heavy atom. The van der Waals surface area contributed by atoms with Crippen LogP contribution in [-0.4, -0.2) is 5.91 Å². The average Bonchev–Trinajstić information content (AvgIpc) is 2.47. The first kappa shape index (κ1) is 15.1. The number of hydrogen-bond acceptors (Lipinski definition) is 2. The lowest BCUT2D eigenvalue weighted by Gasteiger charge is -2.18. The van der Waals surface area contributed by atoms with Gasteiger partial charge in [-0.05, 0) is 35.6 Å². The average molecular weight is 282 g/mol. The maximum Gasteiger partial charge on any atom is 0.257 e. The first-order valence-corrected chi connectivity index (χ1v) is 7.32. The molecule has 0 aromatic heterocycles. The summed E-state index contributed by atoms with van der Waals surface area (Å²) in [6.07, 6.45) is 0.875. The highest BCUT2D eigenvalue weighted by molar-refractivity contribution is 6.08. The van der Waals surface area contributed by atoms with Crippen LogP contribution in [0.4, 0.5) is 11.4 Å². The number of carbonyl (C=O) groups excluding carboxylic acids is 1. The second kappa shape index (κ2) is 6.44. The number of para-hydroxylation sites is 2. The van der Waals surface area contributed by atoms with E-state index in [9.17, 15) is 4.79 Å². The van der Waals surface area contributed by atoms with Crippen molar-refractivity contribution < 1.29 is 4.79 Å². The fraction of sp³-hybridized carbons (Fsp3) is 0.278. The fourth-order valence-electron chi connectivity index (χ4n) is 2.43. The lowest BCUT2D eigenvalue weighted by molar-refractivity contribution is 0.102. The zero-order valence-corrected chi connectivity index (χ0v) is 12.8. The molecule has 0 bridgehead atoms. The molecule has 3 N–H and O–H groups in total. The van der Waals surface area contributed by atoms with Crippen molar-refractivity contribution in [2.45, 2.75) is 33.1 Å². The van der Waals surface area contributed by atoms with E-state index in [0.29, 0.717) is 17.2 Å². The maximum absolute atomic E-state index is 12.5. The predicted octanol–water partition coefficient (Wildman–Crippen LogP) is 4.21. The number of rotatable bonds is 4. The van der Waals surface area contributed by atoms with Gasteiger partial charge in [0.1, 0.15) is 0 Å². The number of benzene rings is 2. The van der Waals surface area contributed by atoms with Gasteiger partial charge in [-0.3, -0.25) is 4.79 Å². The minimum Gasteiger partial charge on any atom is -0.398 e. The van der Waals surface area contributed by atoms with E-state index in [1.54, 1.807) is 12.1 Å². The molecule has 0 heterocycles. The van der Waals surface area contributed by atoms with Crippen molar-refractivity contribution in [1.29, 1.82) is 0 Å². The van der Waals surface area contributed by atoms with E-state index in [1.165, 1.54) is 0 Å². The van der Waals surface area contributed by atoms with Gasteiger partial charge < -0.3 is 11.1 Å². The molecule has 0 spiro atoms. The molecule has 21 heavy (non-hydrogen) atoms. The molecule has 0 aliphatic heterocycles. The Bertz CT molecular complexity index is 647. The normalized spacial score (nSPS) is 10.7. The number of carbonyl (C=O) groups is 1. The highest BCUT2D eigenvalue weighted by Gasteiger charge is 2.15. The molecule has 1 amide bonds. The van der Waals surface area contributed by atoms with Crippen molar-refractivity contribution in [3.8, 4) is 0 Å². The van der Waals surface area contributed by atoms with Gasteiger partial charge in [0.2, 0.25) is 0 Å². The first-order chi connectivity index (χ1) is 10.0. The molecule has 3 heteroatoms. The van der Waals surface area contributed by atoms with Gasteiger partial charge in [-0.1, -0.05) is 51.1 Å². The van der Waals surface area contributed by atoms with Crippen molar-refractivity contribution in [2.24, 2.45) is 0 Å². The molecule has 0 aliphatic carbocycles. The van der Waals surface area contributed by atoms with Gasteiger partial charge in [0.05, 0.1) is 5.56 Å². The quantitative estimate of drug-likeness (QED) is 0.825. The number of aryl methyl sites for hydroxylation is 1. The second-order valence-electron chi connectivity index (χ2n) is 5.43. The molecule has 0 atom stereocenters. The summed E-state index contributed by atoms with van der Waals surface area (Å²) < 4.78 is 0. The van der Waals surface area contributed by atoms with E-state index < -0.39 is 0 Å². The number of hydrogen-bond donors (Lipinski definition) is 2. The van der Waals surface area contributed by atoms with Gasteiger partial charge in [0, 0.05) is 11.4 Å². The van der Waals surface area contributed by atoms with Crippen LogP contribution >= 0.6 is 0 Å². The third kappa shape index (κ3) is 3.24. The topological polar surface area (TPSA) is 55.1 Å². The number of amides is 1. The van der Waals surface area contributed by atoms with Gasteiger partial charge in [-0.15, -0.1) is 0 Å². The van der Waals surface area contributed by atoms with Gasteiger partial charge in [-0.25, -0.2) is 0 Å². The highest BCUT2D eigenvalue weighted by Crippen LogP contribution is 2.29. The second-order valence-corrected chi connectivity index (χ2v) is 5.43. The van der Waals surface area contributed by atoms with Crippen LogP contribution in [0.3, 0.4) is 0 Å². The Labute approximate surface area is 126 Å². The molecule has 0 aliphatic rings. The van der Waals surface area contributed by atoms with E-state index in [4.69, 9.17) is 5.73 Å². The Morgan fingerprint density at radius 1 is 1.14 bits per heavy atom. The Morgan fingerprint density at radius 3 is 2.48 bits per heavy atom. The third-order valence-electron chi connectivity index (χ3n) is 3.63. The molecule has 3 nitrogen and oxygen atoms in total. The predicted molar refractivity (Wildman–Crippen MR) is 88.7 cm³/mol. The number of nitrogen functional groups attached to an aromatic ring is 1. The molecule has 0 saturated carbocycles. The summed E-state index contributed by atoms with van der Waals surface area (Å²) in [5, 5.41) is 3.05. The molecule has 0 saturated heterocycles. The zero-order valence-electron chi connectivity index (χ0n) is 12.8. The summed E-state index contributed by atoms with van der Waals surface area (Å²) in [5.41, 5.74) is 10.1. The SMILES string of the molecule is CCc1cccc(C(C)C)c1NC(=O)c1ccccc1N. The number of nitrogens with two attached hydrogens (primary N) is 1. The molecular formula is C18H22N2O. The van der Waals surface area contributed by atoms with Crippen LogP contribution in [0, 0.1) is 0 Å². The molecule has 110 valence electrons. The van der Waals surface area contributed by atoms with E-state index in [1.807, 2.05) is 18.2 Å². The first-order valence-electron chi connectivity index (χ1n) is 7.32. The highest BCUT2D eigenvalue weighted by atomic mass is 16.1. The summed E-state index contributed by atoms with van der Waals surface area (Å²) in [7, 11) is 0. The van der Waals surface area contributed by atoms with Crippen molar-refractivity contribution in [3.63, 3.8) is 0 Å². The summed E-state index contributed by atoms with van der Waals surface area (Å²) in [4.78, 5) is 12.5. The molecule has 0 fully saturated rings. The standard InChI is InChI=1S/C18H22N2O/c1-4-13-8-7-10-14(12(2)3)17(13)20-18(21)15-9-5-6-11-16(15)19/h5-12H,4,19H2,1-3H3,(H,20,21). The van der Waals surface area contributed by atoms with Crippen molar-refractivity contribution >= 4 is 17.3 Å². The molecule has 2 aromatic rings. The van der Waals surface area contributed by atoms with E-state index >= 15 is 0 Å². The molecule has 2 aromatic carbocycles. The smallest absolute Gasteiger partial charge is 0.257 e. The minimum atomic E-state index is -0.157. The van der Waals surface area contributed by atoms with Crippen LogP contribution in [0.25, 0.3) is 0 Å². The van der Waals surface area contributed by atoms with Crippen LogP contribution in [0.5, 0.6) is 0 Å². The Hall–Kier alpha value is -2.29. The van der Waals surface area contributed by atoms with Crippen LogP contribution in [0.1, 0.15) is 48.2 Å². The summed E-state index contributed by atoms with van der Waals surface area (Å²) >= 11 is 0. The van der Waals surface area contributed by atoms with Gasteiger partial charge in [0.15, 0.2) is 0 Å². The Kier molecular flexibility index (Phi) is 4.63. The van der Waals surface area contributed by atoms with E-state index in [2.05, 4.69) is 38.2 Å². The van der Waals surface area contributed by atoms with Crippen LogP contribution < -0.4 is 11.1 Å². The zero-order chi connectivity index (χ0) is 15.4. The maximum atomic E-state index is 12.5. The fourth-order valence-corrected chi connectivity index (χ4v) is 2.43. The van der Waals surface area contributed by atoms with E-state index in [0.717, 1.165) is 23.2 Å². The molecule has 0 radical (unpaired) electrons. The van der Waals surface area contributed by atoms with Gasteiger partial charge in [0.25, 0.3) is 5.91 Å². The number of anilines is 2. The summed E-state index contributed by atoms with van der Waals surface area (Å²) in [6, 6.07) is 13.3. The third-order valence-corrected chi connectivity index (χ3v) is 3.63. The largest absolute Gasteiger partial charge is 0.398 e. The van der Waals surface area contributed by atoms with Gasteiger partial charge >= 0.3 is 0 Å². The Balaban J connectivity index is 2.39. The lowest BCUT2D eigenvalue weighted by Crippen LogP contribution is -2.16. The van der Waals surface area contributed by atoms with Crippen molar-refractivity contribution in [1.82, 2.24) is 0 Å².